The summed E-state index contributed by atoms with van der Waals surface area (Å²) in [5.74, 6) is 0. The minimum Gasteiger partial charge on any atom is -0.381 e. The van der Waals surface area contributed by atoms with Crippen LogP contribution in [0.2, 0.25) is 0 Å². The van der Waals surface area contributed by atoms with Crippen LogP contribution < -0.4 is 10.6 Å². The average Bonchev–Trinajstić information content (AvgIpc) is 2.47. The molecule has 0 amide bonds. The van der Waals surface area contributed by atoms with E-state index in [4.69, 9.17) is 10.5 Å². The molecule has 1 fully saturated rings. The van der Waals surface area contributed by atoms with Crippen LogP contribution in [-0.2, 0) is 4.74 Å². The first-order valence-electron chi connectivity index (χ1n) is 6.88. The van der Waals surface area contributed by atoms with Gasteiger partial charge in [-0.15, -0.1) is 0 Å². The predicted molar refractivity (Wildman–Crippen MR) is 75.9 cm³/mol. The van der Waals surface area contributed by atoms with Gasteiger partial charge in [-0.05, 0) is 37.0 Å². The Bertz CT molecular complexity index is 355. The van der Waals surface area contributed by atoms with E-state index in [0.717, 1.165) is 32.4 Å². The molecule has 0 bridgehead atoms. The zero-order chi connectivity index (χ0) is 13.0. The Hall–Kier alpha value is -1.06. The first kappa shape index (κ1) is 13.4. The minimum absolute atomic E-state index is 0.165. The lowest BCUT2D eigenvalue weighted by molar-refractivity contribution is 0.0819. The normalized spacial score (nSPS) is 18.9. The molecule has 3 nitrogen and oxygen atoms in total. The molecule has 0 saturated carbocycles. The number of ether oxygens (including phenoxy) is 1. The zero-order valence-corrected chi connectivity index (χ0v) is 11.4. The van der Waals surface area contributed by atoms with Gasteiger partial charge in [-0.1, -0.05) is 19.1 Å². The number of hydrogen-bond acceptors (Lipinski definition) is 3. The summed E-state index contributed by atoms with van der Waals surface area (Å²) in [7, 11) is 1.81. The van der Waals surface area contributed by atoms with Crippen molar-refractivity contribution in [1.29, 1.82) is 0 Å². The third kappa shape index (κ3) is 3.03. The van der Waals surface area contributed by atoms with Crippen molar-refractivity contribution in [2.45, 2.75) is 38.3 Å². The first-order valence-corrected chi connectivity index (χ1v) is 6.88. The molecule has 1 saturated heterocycles. The molecule has 1 heterocycles. The molecule has 2 N–H and O–H groups in total. The van der Waals surface area contributed by atoms with E-state index in [0.29, 0.717) is 6.10 Å². The van der Waals surface area contributed by atoms with E-state index in [9.17, 15) is 0 Å². The van der Waals surface area contributed by atoms with Gasteiger partial charge in [-0.25, -0.2) is 0 Å². The highest BCUT2D eigenvalue weighted by molar-refractivity contribution is 5.48. The Labute approximate surface area is 110 Å². The molecule has 18 heavy (non-hydrogen) atoms. The highest BCUT2D eigenvalue weighted by Crippen LogP contribution is 2.23. The summed E-state index contributed by atoms with van der Waals surface area (Å²) >= 11 is 0. The van der Waals surface area contributed by atoms with E-state index in [1.807, 2.05) is 0 Å². The van der Waals surface area contributed by atoms with Crippen LogP contribution in [0.25, 0.3) is 0 Å². The van der Waals surface area contributed by atoms with E-state index < -0.39 is 0 Å². The standard InChI is InChI=1S/C15H24N2O/c1-3-15(16)12-4-6-13(7-5-12)17-10-8-14(18-2)9-11-17/h4-7,14-15H,3,8-11,16H2,1-2H3. The van der Waals surface area contributed by atoms with E-state index >= 15 is 0 Å². The van der Waals surface area contributed by atoms with Crippen LogP contribution in [-0.4, -0.2) is 26.3 Å². The molecule has 1 aromatic carbocycles. The molecule has 3 heteroatoms. The van der Waals surface area contributed by atoms with Crippen molar-refractivity contribution in [3.63, 3.8) is 0 Å². The van der Waals surface area contributed by atoms with Gasteiger partial charge in [0.2, 0.25) is 0 Å². The maximum absolute atomic E-state index is 6.03. The van der Waals surface area contributed by atoms with Crippen molar-refractivity contribution in [1.82, 2.24) is 0 Å². The average molecular weight is 248 g/mol. The number of benzene rings is 1. The fourth-order valence-corrected chi connectivity index (χ4v) is 2.52. The number of rotatable bonds is 4. The number of hydrogen-bond donors (Lipinski definition) is 1. The largest absolute Gasteiger partial charge is 0.381 e. The lowest BCUT2D eigenvalue weighted by atomic mass is 10.0. The van der Waals surface area contributed by atoms with Gasteiger partial charge in [-0.3, -0.25) is 0 Å². The first-order chi connectivity index (χ1) is 8.74. The predicted octanol–water partition coefficient (Wildman–Crippen LogP) is 2.71. The second kappa shape index (κ2) is 6.21. The smallest absolute Gasteiger partial charge is 0.0605 e. The molecule has 1 aliphatic rings. The number of nitrogens with two attached hydrogens (primary N) is 1. The fourth-order valence-electron chi connectivity index (χ4n) is 2.52. The van der Waals surface area contributed by atoms with Crippen molar-refractivity contribution < 1.29 is 4.74 Å². The van der Waals surface area contributed by atoms with Crippen LogP contribution in [0.5, 0.6) is 0 Å². The van der Waals surface area contributed by atoms with Crippen LogP contribution in [0.15, 0.2) is 24.3 Å². The van der Waals surface area contributed by atoms with Crippen molar-refractivity contribution in [3.8, 4) is 0 Å². The number of methoxy groups -OCH3 is 1. The van der Waals surface area contributed by atoms with Crippen LogP contribution in [0.3, 0.4) is 0 Å². The molecule has 1 unspecified atom stereocenters. The summed E-state index contributed by atoms with van der Waals surface area (Å²) in [6.45, 7) is 4.28. The Balaban J connectivity index is 1.98. The number of anilines is 1. The highest BCUT2D eigenvalue weighted by Gasteiger charge is 2.18. The van der Waals surface area contributed by atoms with Crippen LogP contribution in [0.4, 0.5) is 5.69 Å². The van der Waals surface area contributed by atoms with Gasteiger partial charge >= 0.3 is 0 Å². The van der Waals surface area contributed by atoms with Gasteiger partial charge in [0.1, 0.15) is 0 Å². The maximum Gasteiger partial charge on any atom is 0.0605 e. The summed E-state index contributed by atoms with van der Waals surface area (Å²) < 4.78 is 5.40. The SMILES string of the molecule is CCC(N)c1ccc(N2CCC(OC)CC2)cc1. The van der Waals surface area contributed by atoms with E-state index in [2.05, 4.69) is 36.1 Å². The second-order valence-electron chi connectivity index (χ2n) is 5.03. The van der Waals surface area contributed by atoms with Crippen molar-refractivity contribution in [2.24, 2.45) is 5.73 Å². The Morgan fingerprint density at radius 2 is 1.89 bits per heavy atom. The minimum atomic E-state index is 0.165. The molecule has 0 spiro atoms. The summed E-state index contributed by atoms with van der Waals surface area (Å²) in [4.78, 5) is 2.43. The van der Waals surface area contributed by atoms with E-state index in [-0.39, 0.29) is 6.04 Å². The van der Waals surface area contributed by atoms with Gasteiger partial charge < -0.3 is 15.4 Å². The summed E-state index contributed by atoms with van der Waals surface area (Å²) in [5, 5.41) is 0. The monoisotopic (exact) mass is 248 g/mol. The van der Waals surface area contributed by atoms with Gasteiger partial charge in [0.05, 0.1) is 6.10 Å². The highest BCUT2D eigenvalue weighted by atomic mass is 16.5. The molecule has 1 aliphatic heterocycles. The van der Waals surface area contributed by atoms with Crippen molar-refractivity contribution in [3.05, 3.63) is 29.8 Å². The Kier molecular flexibility index (Phi) is 4.61. The van der Waals surface area contributed by atoms with Crippen molar-refractivity contribution in [2.75, 3.05) is 25.1 Å². The van der Waals surface area contributed by atoms with Gasteiger partial charge in [0.15, 0.2) is 0 Å². The van der Waals surface area contributed by atoms with E-state index in [1.54, 1.807) is 7.11 Å². The Morgan fingerprint density at radius 3 is 2.39 bits per heavy atom. The van der Waals surface area contributed by atoms with E-state index in [1.165, 1.54) is 11.3 Å². The van der Waals surface area contributed by atoms with Crippen LogP contribution in [0.1, 0.15) is 37.8 Å². The maximum atomic E-state index is 6.03. The molecule has 1 atom stereocenters. The lowest BCUT2D eigenvalue weighted by Gasteiger charge is -2.33. The second-order valence-corrected chi connectivity index (χ2v) is 5.03. The molecule has 1 aromatic rings. The number of piperidine rings is 1. The Morgan fingerprint density at radius 1 is 1.28 bits per heavy atom. The molecule has 100 valence electrons. The fraction of sp³-hybridized carbons (Fsp3) is 0.600. The third-order valence-electron chi connectivity index (χ3n) is 3.90. The van der Waals surface area contributed by atoms with Crippen molar-refractivity contribution >= 4 is 5.69 Å². The summed E-state index contributed by atoms with van der Waals surface area (Å²) in [6.07, 6.45) is 3.66. The summed E-state index contributed by atoms with van der Waals surface area (Å²) in [6, 6.07) is 8.87. The quantitative estimate of drug-likeness (QED) is 0.890. The molecule has 0 aromatic heterocycles. The van der Waals surface area contributed by atoms with Crippen LogP contribution >= 0.6 is 0 Å². The molecule has 0 aliphatic carbocycles. The zero-order valence-electron chi connectivity index (χ0n) is 11.4. The van der Waals surface area contributed by atoms with Crippen LogP contribution in [0, 0.1) is 0 Å². The molecular formula is C15H24N2O. The molecule has 0 radical (unpaired) electrons. The summed E-state index contributed by atoms with van der Waals surface area (Å²) in [5.41, 5.74) is 8.56. The van der Waals surface area contributed by atoms with Gasteiger partial charge in [-0.2, -0.15) is 0 Å². The molecular weight excluding hydrogens is 224 g/mol. The lowest BCUT2D eigenvalue weighted by Crippen LogP contribution is -2.36. The number of nitrogens with zero attached hydrogens (tertiary/aromatic N) is 1. The topological polar surface area (TPSA) is 38.5 Å². The van der Waals surface area contributed by atoms with Gasteiger partial charge in [0.25, 0.3) is 0 Å². The third-order valence-corrected chi connectivity index (χ3v) is 3.90. The molecule has 2 rings (SSSR count). The van der Waals surface area contributed by atoms with Gasteiger partial charge in [0, 0.05) is 31.9 Å².